The monoisotopic (exact) mass is 528 g/mol. The van der Waals surface area contributed by atoms with Crippen molar-refractivity contribution in [2.24, 2.45) is 5.73 Å². The summed E-state index contributed by atoms with van der Waals surface area (Å²) in [5, 5.41) is 9.46. The average molecular weight is 529 g/mol. The zero-order valence-corrected chi connectivity index (χ0v) is 22.3. The van der Waals surface area contributed by atoms with E-state index >= 15 is 0 Å². The molecule has 0 spiro atoms. The summed E-state index contributed by atoms with van der Waals surface area (Å²) in [6.45, 7) is 2.54. The lowest BCUT2D eigenvalue weighted by Crippen LogP contribution is -2.30. The molecule has 0 fully saturated rings. The van der Waals surface area contributed by atoms with Gasteiger partial charge in [0.2, 0.25) is 5.91 Å². The van der Waals surface area contributed by atoms with E-state index < -0.39 is 5.91 Å². The van der Waals surface area contributed by atoms with Gasteiger partial charge in [-0.25, -0.2) is 0 Å². The molecular formula is C32H36N2O5. The first-order chi connectivity index (χ1) is 19.1. The molecule has 0 saturated carbocycles. The third kappa shape index (κ3) is 8.21. The molecule has 7 heteroatoms. The first kappa shape index (κ1) is 28.0. The summed E-state index contributed by atoms with van der Waals surface area (Å²) in [6.07, 6.45) is 0.927. The van der Waals surface area contributed by atoms with Gasteiger partial charge in [-0.1, -0.05) is 66.7 Å². The van der Waals surface area contributed by atoms with Crippen molar-refractivity contribution in [3.05, 3.63) is 119 Å². The Morgan fingerprint density at radius 1 is 0.923 bits per heavy atom. The van der Waals surface area contributed by atoms with Crippen molar-refractivity contribution in [1.82, 2.24) is 4.90 Å². The van der Waals surface area contributed by atoms with Crippen molar-refractivity contribution in [3.63, 3.8) is 0 Å². The van der Waals surface area contributed by atoms with Gasteiger partial charge in [-0.05, 0) is 47.4 Å². The molecule has 39 heavy (non-hydrogen) atoms. The smallest absolute Gasteiger partial charge is 0.221 e. The molecule has 0 aliphatic carbocycles. The van der Waals surface area contributed by atoms with Crippen molar-refractivity contribution in [2.45, 2.75) is 31.9 Å². The number of nitrogens with zero attached hydrogens (tertiary/aromatic N) is 1. The Hall–Kier alpha value is -4.07. The van der Waals surface area contributed by atoms with Crippen LogP contribution in [-0.4, -0.2) is 42.7 Å². The largest absolute Gasteiger partial charge is 0.493 e. The highest BCUT2D eigenvalue weighted by molar-refractivity contribution is 5.76. The van der Waals surface area contributed by atoms with Gasteiger partial charge in [-0.2, -0.15) is 0 Å². The van der Waals surface area contributed by atoms with Crippen LogP contribution in [-0.2, 0) is 24.4 Å². The fourth-order valence-electron chi connectivity index (χ4n) is 4.69. The number of furan rings is 1. The maximum absolute atomic E-state index is 11.3. The van der Waals surface area contributed by atoms with Crippen molar-refractivity contribution in [1.29, 1.82) is 0 Å². The number of aliphatic hydroxyl groups excluding tert-OH is 1. The summed E-state index contributed by atoms with van der Waals surface area (Å²) in [5.41, 5.74) is 8.60. The molecule has 7 nitrogen and oxygen atoms in total. The summed E-state index contributed by atoms with van der Waals surface area (Å²) in [5.74, 6) is 2.36. The van der Waals surface area contributed by atoms with Gasteiger partial charge in [0.1, 0.15) is 18.1 Å². The molecule has 0 bridgehead atoms. The van der Waals surface area contributed by atoms with Gasteiger partial charge in [-0.15, -0.1) is 0 Å². The van der Waals surface area contributed by atoms with Crippen LogP contribution < -0.4 is 15.2 Å². The number of carbonyl (C=O) groups excluding carboxylic acids is 1. The van der Waals surface area contributed by atoms with Crippen molar-refractivity contribution in [2.75, 3.05) is 26.8 Å². The SMILES string of the molecule is COc1cc(CC(N)=O)ccc1OCCCN(Cc1ccc(CO)o1)CC(c1ccccc1)c1ccccc1. The van der Waals surface area contributed by atoms with E-state index in [0.717, 1.165) is 30.8 Å². The lowest BCUT2D eigenvalue weighted by atomic mass is 9.90. The second-order valence-electron chi connectivity index (χ2n) is 9.47. The number of primary amides is 1. The van der Waals surface area contributed by atoms with Gasteiger partial charge >= 0.3 is 0 Å². The first-order valence-corrected chi connectivity index (χ1v) is 13.1. The lowest BCUT2D eigenvalue weighted by molar-refractivity contribution is -0.117. The van der Waals surface area contributed by atoms with Crippen LogP contribution in [0.2, 0.25) is 0 Å². The van der Waals surface area contributed by atoms with Crippen LogP contribution in [0, 0.1) is 0 Å². The number of hydrogen-bond donors (Lipinski definition) is 2. The topological polar surface area (TPSA) is 98.2 Å². The molecule has 0 saturated heterocycles. The van der Waals surface area contributed by atoms with Crippen LogP contribution >= 0.6 is 0 Å². The second kappa shape index (κ2) is 14.2. The minimum atomic E-state index is -0.391. The van der Waals surface area contributed by atoms with Crippen LogP contribution in [0.3, 0.4) is 0 Å². The fraction of sp³-hybridized carbons (Fsp3) is 0.281. The fourth-order valence-corrected chi connectivity index (χ4v) is 4.69. The lowest BCUT2D eigenvalue weighted by Gasteiger charge is -2.28. The Kier molecular flexibility index (Phi) is 10.2. The van der Waals surface area contributed by atoms with E-state index in [-0.39, 0.29) is 18.9 Å². The molecular weight excluding hydrogens is 492 g/mol. The molecule has 1 aromatic heterocycles. The van der Waals surface area contributed by atoms with Gasteiger partial charge in [0.25, 0.3) is 0 Å². The predicted molar refractivity (Wildman–Crippen MR) is 151 cm³/mol. The van der Waals surface area contributed by atoms with Crippen LogP contribution in [0.4, 0.5) is 0 Å². The molecule has 0 unspecified atom stereocenters. The summed E-state index contributed by atoms with van der Waals surface area (Å²) in [6, 6.07) is 30.2. The normalized spacial score (nSPS) is 11.2. The highest BCUT2D eigenvalue weighted by Gasteiger charge is 2.20. The number of methoxy groups -OCH3 is 1. The van der Waals surface area contributed by atoms with E-state index in [2.05, 4.69) is 53.4 Å². The van der Waals surface area contributed by atoms with E-state index in [1.165, 1.54) is 11.1 Å². The quantitative estimate of drug-likeness (QED) is 0.213. The standard InChI is InChI=1S/C32H36N2O5/c1-37-31-19-24(20-32(33)36)13-16-30(31)38-18-8-17-34(21-27-14-15-28(23-35)39-27)22-29(25-9-4-2-5-10-25)26-11-6-3-7-12-26/h2-7,9-16,19,29,35H,8,17-18,20-23H2,1H3,(H2,33,36). The Bertz CT molecular complexity index is 1270. The highest BCUT2D eigenvalue weighted by atomic mass is 16.5. The summed E-state index contributed by atoms with van der Waals surface area (Å²) >= 11 is 0. The number of ether oxygens (including phenoxy) is 2. The molecule has 4 rings (SSSR count). The maximum atomic E-state index is 11.3. The van der Waals surface area contributed by atoms with E-state index in [4.69, 9.17) is 19.6 Å². The highest BCUT2D eigenvalue weighted by Crippen LogP contribution is 2.29. The maximum Gasteiger partial charge on any atom is 0.221 e. The Balaban J connectivity index is 1.46. The minimum Gasteiger partial charge on any atom is -0.493 e. The summed E-state index contributed by atoms with van der Waals surface area (Å²) < 4.78 is 17.4. The number of amides is 1. The number of aliphatic hydroxyl groups is 1. The van der Waals surface area contributed by atoms with E-state index in [0.29, 0.717) is 30.4 Å². The Labute approximate surface area is 229 Å². The number of nitrogens with two attached hydrogens (primary N) is 1. The zero-order valence-electron chi connectivity index (χ0n) is 22.3. The molecule has 1 amide bonds. The van der Waals surface area contributed by atoms with Gasteiger partial charge in [0.15, 0.2) is 11.5 Å². The molecule has 3 aromatic carbocycles. The van der Waals surface area contributed by atoms with Gasteiger partial charge < -0.3 is 24.7 Å². The number of benzene rings is 3. The molecule has 0 radical (unpaired) electrons. The van der Waals surface area contributed by atoms with E-state index in [9.17, 15) is 9.90 Å². The minimum absolute atomic E-state index is 0.120. The van der Waals surface area contributed by atoms with Crippen LogP contribution in [0.5, 0.6) is 11.5 Å². The molecule has 3 N–H and O–H groups in total. The molecule has 0 aliphatic rings. The van der Waals surface area contributed by atoms with Crippen LogP contribution in [0.15, 0.2) is 95.4 Å². The Morgan fingerprint density at radius 2 is 1.59 bits per heavy atom. The first-order valence-electron chi connectivity index (χ1n) is 13.1. The molecule has 204 valence electrons. The van der Waals surface area contributed by atoms with Crippen molar-refractivity contribution in [3.8, 4) is 11.5 Å². The predicted octanol–water partition coefficient (Wildman–Crippen LogP) is 4.91. The third-order valence-corrected chi connectivity index (χ3v) is 6.58. The average Bonchev–Trinajstić information content (AvgIpc) is 3.42. The Morgan fingerprint density at radius 3 is 2.18 bits per heavy atom. The van der Waals surface area contributed by atoms with Gasteiger partial charge in [0, 0.05) is 19.0 Å². The molecule has 0 aliphatic heterocycles. The molecule has 0 atom stereocenters. The number of hydrogen-bond acceptors (Lipinski definition) is 6. The van der Waals surface area contributed by atoms with Crippen molar-refractivity contribution >= 4 is 5.91 Å². The van der Waals surface area contributed by atoms with Crippen LogP contribution in [0.25, 0.3) is 0 Å². The van der Waals surface area contributed by atoms with Crippen molar-refractivity contribution < 1.29 is 23.8 Å². The second-order valence-corrected chi connectivity index (χ2v) is 9.47. The van der Waals surface area contributed by atoms with E-state index in [1.807, 2.05) is 36.4 Å². The number of carbonyl (C=O) groups is 1. The molecule has 4 aromatic rings. The van der Waals surface area contributed by atoms with E-state index in [1.54, 1.807) is 13.2 Å². The van der Waals surface area contributed by atoms with Crippen LogP contribution in [0.1, 0.15) is 40.5 Å². The van der Waals surface area contributed by atoms with Gasteiger partial charge in [-0.3, -0.25) is 9.69 Å². The third-order valence-electron chi connectivity index (χ3n) is 6.58. The van der Waals surface area contributed by atoms with Gasteiger partial charge in [0.05, 0.1) is 26.7 Å². The zero-order chi connectivity index (χ0) is 27.5. The number of rotatable bonds is 15. The molecule has 1 heterocycles. The summed E-state index contributed by atoms with van der Waals surface area (Å²) in [4.78, 5) is 13.6. The summed E-state index contributed by atoms with van der Waals surface area (Å²) in [7, 11) is 1.58.